The van der Waals surface area contributed by atoms with Crippen LogP contribution in [0.5, 0.6) is 0 Å². The van der Waals surface area contributed by atoms with Crippen LogP contribution in [0.1, 0.15) is 31.7 Å². The van der Waals surface area contributed by atoms with E-state index in [0.29, 0.717) is 23.1 Å². The van der Waals surface area contributed by atoms with Crippen molar-refractivity contribution in [2.45, 2.75) is 26.2 Å². The monoisotopic (exact) mass is 270 g/mol. The van der Waals surface area contributed by atoms with Gasteiger partial charge in [-0.2, -0.15) is 0 Å². The van der Waals surface area contributed by atoms with E-state index in [0.717, 1.165) is 12.8 Å². The Kier molecular flexibility index (Phi) is 4.51. The predicted octanol–water partition coefficient (Wildman–Crippen LogP) is 3.31. The van der Waals surface area contributed by atoms with Gasteiger partial charge in [-0.05, 0) is 24.5 Å². The number of hydrogen-bond donors (Lipinski definition) is 0. The van der Waals surface area contributed by atoms with Gasteiger partial charge in [-0.15, -0.1) is 0 Å². The van der Waals surface area contributed by atoms with Crippen molar-refractivity contribution < 1.29 is 14.3 Å². The summed E-state index contributed by atoms with van der Waals surface area (Å²) in [6, 6.07) is 9.16. The van der Waals surface area contributed by atoms with Crippen LogP contribution in [0.3, 0.4) is 0 Å². The molecule has 1 aromatic carbocycles. The van der Waals surface area contributed by atoms with E-state index >= 15 is 0 Å². The zero-order valence-corrected chi connectivity index (χ0v) is 11.8. The Morgan fingerprint density at radius 2 is 1.80 bits per heavy atom. The highest BCUT2D eigenvalue weighted by Gasteiger charge is 2.29. The molecule has 0 radical (unpaired) electrons. The summed E-state index contributed by atoms with van der Waals surface area (Å²) in [7, 11) is 1.44. The quantitative estimate of drug-likeness (QED) is 0.771. The third-order valence-corrected chi connectivity index (χ3v) is 3.34. The van der Waals surface area contributed by atoms with E-state index in [1.807, 2.05) is 30.3 Å². The van der Waals surface area contributed by atoms with Gasteiger partial charge in [0.05, 0.1) is 12.7 Å². The molecule has 3 heteroatoms. The van der Waals surface area contributed by atoms with Gasteiger partial charge in [0.15, 0.2) is 11.5 Å². The number of benzene rings is 1. The smallest absolute Gasteiger partial charge is 0.224 e. The lowest BCUT2D eigenvalue weighted by Crippen LogP contribution is -2.20. The third-order valence-electron chi connectivity index (χ3n) is 3.34. The van der Waals surface area contributed by atoms with Crippen LogP contribution in [0.4, 0.5) is 0 Å². The molecule has 0 fully saturated rings. The summed E-state index contributed by atoms with van der Waals surface area (Å²) in [4.78, 5) is 24.7. The molecule has 1 aliphatic rings. The lowest BCUT2D eigenvalue weighted by molar-refractivity contribution is -0.117. The van der Waals surface area contributed by atoms with Crippen LogP contribution >= 0.6 is 0 Å². The van der Waals surface area contributed by atoms with Gasteiger partial charge >= 0.3 is 0 Å². The van der Waals surface area contributed by atoms with E-state index in [1.165, 1.54) is 13.2 Å². The van der Waals surface area contributed by atoms with Crippen LogP contribution in [-0.2, 0) is 14.3 Å². The summed E-state index contributed by atoms with van der Waals surface area (Å²) < 4.78 is 5.22. The van der Waals surface area contributed by atoms with Crippen molar-refractivity contribution in [2.75, 3.05) is 7.11 Å². The number of ketones is 2. The van der Waals surface area contributed by atoms with Crippen LogP contribution in [-0.4, -0.2) is 18.7 Å². The Morgan fingerprint density at radius 3 is 2.40 bits per heavy atom. The standard InChI is InChI=1S/C17H18O3/c1-3-4-8-13-11-14(18)15(17(20-2)16(13)19)12-9-6-5-7-10-12/h5-7,9-11H,3-4,8H2,1-2H3. The fraction of sp³-hybridized carbons (Fsp3) is 0.294. The van der Waals surface area contributed by atoms with Gasteiger partial charge in [0.2, 0.25) is 5.78 Å². The molecule has 0 heterocycles. The molecular weight excluding hydrogens is 252 g/mol. The normalized spacial score (nSPS) is 15.4. The fourth-order valence-corrected chi connectivity index (χ4v) is 2.29. The second-order valence-electron chi connectivity index (χ2n) is 4.74. The minimum Gasteiger partial charge on any atom is -0.492 e. The molecule has 0 bridgehead atoms. The average molecular weight is 270 g/mol. The van der Waals surface area contributed by atoms with E-state index in [4.69, 9.17) is 4.74 Å². The first kappa shape index (κ1) is 14.3. The van der Waals surface area contributed by atoms with Crippen LogP contribution in [0.25, 0.3) is 5.57 Å². The van der Waals surface area contributed by atoms with Gasteiger partial charge in [-0.3, -0.25) is 9.59 Å². The molecule has 0 aliphatic heterocycles. The van der Waals surface area contributed by atoms with Crippen molar-refractivity contribution in [1.29, 1.82) is 0 Å². The van der Waals surface area contributed by atoms with Crippen LogP contribution < -0.4 is 0 Å². The molecule has 1 aliphatic carbocycles. The molecule has 0 spiro atoms. The first-order valence-electron chi connectivity index (χ1n) is 6.82. The Balaban J connectivity index is 2.42. The van der Waals surface area contributed by atoms with Gasteiger partial charge in [-0.25, -0.2) is 0 Å². The minimum absolute atomic E-state index is 0.154. The molecular formula is C17H18O3. The van der Waals surface area contributed by atoms with Crippen molar-refractivity contribution in [3.05, 3.63) is 53.3 Å². The van der Waals surface area contributed by atoms with E-state index < -0.39 is 0 Å². The zero-order chi connectivity index (χ0) is 14.5. The topological polar surface area (TPSA) is 43.4 Å². The first-order chi connectivity index (χ1) is 9.69. The fourth-order valence-electron chi connectivity index (χ4n) is 2.29. The van der Waals surface area contributed by atoms with Gasteiger partial charge in [0, 0.05) is 5.57 Å². The van der Waals surface area contributed by atoms with E-state index in [2.05, 4.69) is 6.92 Å². The first-order valence-corrected chi connectivity index (χ1v) is 6.82. The largest absolute Gasteiger partial charge is 0.492 e. The summed E-state index contributed by atoms with van der Waals surface area (Å²) in [5.74, 6) is -0.159. The highest BCUT2D eigenvalue weighted by atomic mass is 16.5. The maximum Gasteiger partial charge on any atom is 0.224 e. The SMILES string of the molecule is CCCCC1=CC(=O)C(c2ccccc2)=C(OC)C1=O. The Hall–Kier alpha value is -2.16. The Bertz CT molecular complexity index is 580. The number of carbonyl (C=O) groups is 2. The van der Waals surface area contributed by atoms with E-state index in [1.54, 1.807) is 0 Å². The van der Waals surface area contributed by atoms with Crippen LogP contribution in [0.2, 0.25) is 0 Å². The molecule has 20 heavy (non-hydrogen) atoms. The Morgan fingerprint density at radius 1 is 1.10 bits per heavy atom. The van der Waals surface area contributed by atoms with E-state index in [9.17, 15) is 9.59 Å². The van der Waals surface area contributed by atoms with Gasteiger partial charge in [0.25, 0.3) is 0 Å². The Labute approximate surface area is 118 Å². The van der Waals surface area contributed by atoms with Crippen molar-refractivity contribution in [3.63, 3.8) is 0 Å². The number of ether oxygens (including phenoxy) is 1. The number of unbranched alkanes of at least 4 members (excludes halogenated alkanes) is 1. The average Bonchev–Trinajstić information content (AvgIpc) is 2.48. The second kappa shape index (κ2) is 6.33. The summed E-state index contributed by atoms with van der Waals surface area (Å²) in [5.41, 5.74) is 1.63. The molecule has 0 N–H and O–H groups in total. The summed E-state index contributed by atoms with van der Waals surface area (Å²) >= 11 is 0. The van der Waals surface area contributed by atoms with Crippen molar-refractivity contribution >= 4 is 17.1 Å². The lowest BCUT2D eigenvalue weighted by atomic mass is 9.88. The number of Topliss-reactive ketones (excluding diaryl/α,β-unsaturated/α-hetero) is 1. The van der Waals surface area contributed by atoms with Gasteiger partial charge in [-0.1, -0.05) is 43.7 Å². The molecule has 104 valence electrons. The highest BCUT2D eigenvalue weighted by Crippen LogP contribution is 2.29. The molecule has 0 aromatic heterocycles. The molecule has 0 saturated heterocycles. The molecule has 0 unspecified atom stereocenters. The molecule has 2 rings (SSSR count). The van der Waals surface area contributed by atoms with E-state index in [-0.39, 0.29) is 17.3 Å². The number of hydrogen-bond acceptors (Lipinski definition) is 3. The number of allylic oxidation sites excluding steroid dienone is 3. The number of rotatable bonds is 5. The van der Waals surface area contributed by atoms with Crippen molar-refractivity contribution in [1.82, 2.24) is 0 Å². The highest BCUT2D eigenvalue weighted by molar-refractivity contribution is 6.36. The molecule has 0 atom stereocenters. The molecule has 0 amide bonds. The van der Waals surface area contributed by atoms with Gasteiger partial charge < -0.3 is 4.74 Å². The predicted molar refractivity (Wildman–Crippen MR) is 78.0 cm³/mol. The van der Waals surface area contributed by atoms with Crippen LogP contribution in [0.15, 0.2) is 47.7 Å². The molecule has 0 saturated carbocycles. The van der Waals surface area contributed by atoms with Crippen molar-refractivity contribution in [3.8, 4) is 0 Å². The molecule has 3 nitrogen and oxygen atoms in total. The lowest BCUT2D eigenvalue weighted by Gasteiger charge is -2.18. The third kappa shape index (κ3) is 2.72. The zero-order valence-electron chi connectivity index (χ0n) is 11.8. The number of carbonyl (C=O) groups excluding carboxylic acids is 2. The second-order valence-corrected chi connectivity index (χ2v) is 4.74. The molecule has 1 aromatic rings. The summed E-state index contributed by atoms with van der Waals surface area (Å²) in [5, 5.41) is 0. The maximum atomic E-state index is 12.4. The van der Waals surface area contributed by atoms with Crippen LogP contribution in [0, 0.1) is 0 Å². The number of methoxy groups -OCH3 is 1. The minimum atomic E-state index is -0.167. The van der Waals surface area contributed by atoms with Crippen molar-refractivity contribution in [2.24, 2.45) is 0 Å². The maximum absolute atomic E-state index is 12.4. The van der Waals surface area contributed by atoms with Gasteiger partial charge in [0.1, 0.15) is 0 Å². The summed E-state index contributed by atoms with van der Waals surface area (Å²) in [6.45, 7) is 2.05. The summed E-state index contributed by atoms with van der Waals surface area (Å²) in [6.07, 6.45) is 3.96.